The monoisotopic (exact) mass is 481 g/mol. The summed E-state index contributed by atoms with van der Waals surface area (Å²) >= 11 is 1.63. The molecule has 0 aliphatic carbocycles. The lowest BCUT2D eigenvalue weighted by atomic mass is 9.94. The van der Waals surface area contributed by atoms with Gasteiger partial charge in [-0.05, 0) is 60.2 Å². The van der Waals surface area contributed by atoms with Gasteiger partial charge in [0.25, 0.3) is 0 Å². The molecule has 5 aromatic rings. The van der Waals surface area contributed by atoms with Crippen LogP contribution >= 0.6 is 11.3 Å². The van der Waals surface area contributed by atoms with Crippen molar-refractivity contribution >= 4 is 44.6 Å². The van der Waals surface area contributed by atoms with Crippen LogP contribution in [0.25, 0.3) is 38.4 Å². The zero-order valence-corrected chi connectivity index (χ0v) is 20.9. The lowest BCUT2D eigenvalue weighted by molar-refractivity contribution is -0.116. The van der Waals surface area contributed by atoms with Crippen LogP contribution in [-0.4, -0.2) is 12.5 Å². The van der Waals surface area contributed by atoms with Gasteiger partial charge in [0.15, 0.2) is 0 Å². The molecule has 176 valence electrons. The van der Waals surface area contributed by atoms with Gasteiger partial charge in [-0.25, -0.2) is 0 Å². The summed E-state index contributed by atoms with van der Waals surface area (Å²) in [4.78, 5) is 13.8. The zero-order chi connectivity index (χ0) is 24.4. The van der Waals surface area contributed by atoms with E-state index in [1.165, 1.54) is 10.8 Å². The van der Waals surface area contributed by atoms with Crippen LogP contribution in [0.2, 0.25) is 0 Å². The first-order valence-corrected chi connectivity index (χ1v) is 12.6. The van der Waals surface area contributed by atoms with Gasteiger partial charge in [-0.15, -0.1) is 11.3 Å². The minimum Gasteiger partial charge on any atom is -0.493 e. The third kappa shape index (κ3) is 4.47. The average Bonchev–Trinajstić information content (AvgIpc) is 3.54. The van der Waals surface area contributed by atoms with Crippen LogP contribution in [0.15, 0.2) is 82.8 Å². The molecule has 0 fully saturated rings. The molecule has 0 saturated carbocycles. The van der Waals surface area contributed by atoms with Crippen molar-refractivity contribution in [2.75, 3.05) is 6.61 Å². The van der Waals surface area contributed by atoms with Crippen molar-refractivity contribution in [2.45, 2.75) is 27.3 Å². The van der Waals surface area contributed by atoms with Crippen molar-refractivity contribution in [1.29, 1.82) is 0 Å². The molecular weight excluding hydrogens is 454 g/mol. The van der Waals surface area contributed by atoms with Crippen molar-refractivity contribution in [3.63, 3.8) is 0 Å². The Balaban J connectivity index is 1.60. The third-order valence-electron chi connectivity index (χ3n) is 6.20. The molecule has 0 bridgehead atoms. The van der Waals surface area contributed by atoms with Gasteiger partial charge < -0.3 is 14.5 Å². The number of rotatable bonds is 7. The molecule has 0 aliphatic heterocycles. The molecule has 35 heavy (non-hydrogen) atoms. The number of nitrogens with one attached hydrogen (secondary N) is 1. The highest BCUT2D eigenvalue weighted by Gasteiger charge is 2.20. The van der Waals surface area contributed by atoms with E-state index < -0.39 is 0 Å². The average molecular weight is 482 g/mol. The Kier molecular flexibility index (Phi) is 6.43. The second kappa shape index (κ2) is 9.80. The van der Waals surface area contributed by atoms with Gasteiger partial charge in [0, 0.05) is 33.0 Å². The van der Waals surface area contributed by atoms with Crippen LogP contribution in [-0.2, 0) is 11.3 Å². The Hall–Kier alpha value is -3.83. The number of thiophene rings is 1. The number of carbonyl (C=O) groups excluding carboxylic acids is 1. The van der Waals surface area contributed by atoms with Crippen LogP contribution in [0.3, 0.4) is 0 Å². The van der Waals surface area contributed by atoms with E-state index in [0.29, 0.717) is 13.2 Å². The maximum atomic E-state index is 12.7. The molecule has 1 N–H and O–H groups in total. The number of carbonyl (C=O) groups is 1. The molecule has 0 radical (unpaired) electrons. The largest absolute Gasteiger partial charge is 0.493 e. The van der Waals surface area contributed by atoms with E-state index in [2.05, 4.69) is 47.8 Å². The van der Waals surface area contributed by atoms with E-state index >= 15 is 0 Å². The fourth-order valence-electron chi connectivity index (χ4n) is 4.52. The van der Waals surface area contributed by atoms with E-state index in [1.807, 2.05) is 50.6 Å². The Labute approximate surface area is 208 Å². The first kappa shape index (κ1) is 22.9. The summed E-state index contributed by atoms with van der Waals surface area (Å²) in [6.07, 6.45) is 3.47. The lowest BCUT2D eigenvalue weighted by Crippen LogP contribution is -2.20. The van der Waals surface area contributed by atoms with Gasteiger partial charge in [0.1, 0.15) is 11.3 Å². The Morgan fingerprint density at radius 1 is 1.06 bits per heavy atom. The highest BCUT2D eigenvalue weighted by molar-refractivity contribution is 7.09. The Morgan fingerprint density at radius 3 is 2.69 bits per heavy atom. The van der Waals surface area contributed by atoms with Gasteiger partial charge >= 0.3 is 0 Å². The smallest absolute Gasteiger partial charge is 0.244 e. The fraction of sp³-hybridized carbons (Fsp3) is 0.167. The number of hydrogen-bond donors (Lipinski definition) is 1. The van der Waals surface area contributed by atoms with Crippen molar-refractivity contribution in [3.8, 4) is 16.9 Å². The van der Waals surface area contributed by atoms with Crippen molar-refractivity contribution < 1.29 is 13.9 Å². The van der Waals surface area contributed by atoms with Crippen molar-refractivity contribution in [2.24, 2.45) is 0 Å². The number of ether oxygens (including phenoxy) is 1. The molecule has 0 aliphatic rings. The summed E-state index contributed by atoms with van der Waals surface area (Å²) in [5, 5.41) is 8.34. The van der Waals surface area contributed by atoms with Gasteiger partial charge in [-0.2, -0.15) is 0 Å². The summed E-state index contributed by atoms with van der Waals surface area (Å²) in [5.41, 5.74) is 5.61. The molecule has 0 unspecified atom stereocenters. The molecule has 4 nitrogen and oxygen atoms in total. The highest BCUT2D eigenvalue weighted by Crippen LogP contribution is 2.42. The van der Waals surface area contributed by atoms with E-state index in [4.69, 9.17) is 9.15 Å². The third-order valence-corrected chi connectivity index (χ3v) is 7.08. The normalized spacial score (nSPS) is 11.8. The summed E-state index contributed by atoms with van der Waals surface area (Å²) in [6.45, 7) is 6.96. The van der Waals surface area contributed by atoms with Gasteiger partial charge in [0.2, 0.25) is 5.91 Å². The molecule has 2 aromatic heterocycles. The number of fused-ring (bicyclic) bond motifs is 2. The number of hydrogen-bond acceptors (Lipinski definition) is 4. The van der Waals surface area contributed by atoms with E-state index in [9.17, 15) is 4.79 Å². The van der Waals surface area contributed by atoms with Gasteiger partial charge in [-0.3, -0.25) is 4.79 Å². The second-order valence-corrected chi connectivity index (χ2v) is 9.52. The summed E-state index contributed by atoms with van der Waals surface area (Å²) < 4.78 is 12.1. The van der Waals surface area contributed by atoms with Crippen LogP contribution in [0, 0.1) is 6.92 Å². The van der Waals surface area contributed by atoms with Crippen molar-refractivity contribution in [3.05, 3.63) is 94.4 Å². The molecule has 3 aromatic carbocycles. The van der Waals surface area contributed by atoms with Crippen LogP contribution < -0.4 is 10.1 Å². The molecule has 0 spiro atoms. The maximum Gasteiger partial charge on any atom is 0.244 e. The van der Waals surface area contributed by atoms with E-state index in [0.717, 1.165) is 49.4 Å². The first-order chi connectivity index (χ1) is 17.1. The molecule has 5 heteroatoms. The maximum absolute atomic E-state index is 12.7. The second-order valence-electron chi connectivity index (χ2n) is 8.49. The molecule has 5 rings (SSSR count). The predicted octanol–water partition coefficient (Wildman–Crippen LogP) is 7.74. The molecule has 1 amide bonds. The fourth-order valence-corrected chi connectivity index (χ4v) is 5.17. The number of allylic oxidation sites excluding steroid dienone is 1. The lowest BCUT2D eigenvalue weighted by Gasteiger charge is -2.15. The summed E-state index contributed by atoms with van der Waals surface area (Å²) in [6, 6.07) is 20.8. The first-order valence-electron chi connectivity index (χ1n) is 11.7. The van der Waals surface area contributed by atoms with Gasteiger partial charge in [0.05, 0.1) is 19.4 Å². The number of furan rings is 1. The number of aryl methyl sites for hydroxylation is 1. The topological polar surface area (TPSA) is 51.5 Å². The molecule has 2 heterocycles. The minimum absolute atomic E-state index is 0.127. The summed E-state index contributed by atoms with van der Waals surface area (Å²) in [7, 11) is 0. The van der Waals surface area contributed by atoms with Crippen LogP contribution in [0.1, 0.15) is 29.9 Å². The van der Waals surface area contributed by atoms with E-state index in [1.54, 1.807) is 17.4 Å². The predicted molar refractivity (Wildman–Crippen MR) is 145 cm³/mol. The Morgan fingerprint density at radius 2 is 1.89 bits per heavy atom. The number of benzene rings is 3. The quantitative estimate of drug-likeness (QED) is 0.242. The highest BCUT2D eigenvalue weighted by atomic mass is 32.1. The molecule has 0 saturated heterocycles. The van der Waals surface area contributed by atoms with Gasteiger partial charge in [-0.1, -0.05) is 48.5 Å². The summed E-state index contributed by atoms with van der Waals surface area (Å²) in [5.74, 6) is 0.621. The standard InChI is InChI=1S/C30H27NO3S/c1-4-33-29-20(3)30-26(16-25(29)19(2)15-28(32)31-17-22-11-8-14-35-22)27(18-34-30)24-13-7-10-21-9-5-6-12-23(21)24/h5-16,18H,4,17H2,1-3H3,(H,31,32)/b19-15+. The SMILES string of the molecule is CCOc1c(/C(C)=C/C(=O)NCc2cccs2)cc2c(-c3cccc4ccccc34)coc2c1C. The van der Waals surface area contributed by atoms with Crippen LogP contribution in [0.4, 0.5) is 0 Å². The number of amides is 1. The molecular formula is C30H27NO3S. The van der Waals surface area contributed by atoms with Crippen molar-refractivity contribution in [1.82, 2.24) is 5.32 Å². The Bertz CT molecular complexity index is 1540. The minimum atomic E-state index is -0.127. The zero-order valence-electron chi connectivity index (χ0n) is 20.1. The van der Waals surface area contributed by atoms with E-state index in [-0.39, 0.29) is 5.91 Å². The van der Waals surface area contributed by atoms with Crippen LogP contribution in [0.5, 0.6) is 5.75 Å². The molecule has 0 atom stereocenters.